The van der Waals surface area contributed by atoms with E-state index in [0.717, 1.165) is 5.56 Å². The molecule has 1 aromatic rings. The summed E-state index contributed by atoms with van der Waals surface area (Å²) < 4.78 is 34.4. The van der Waals surface area contributed by atoms with E-state index in [1.807, 2.05) is 30.3 Å². The van der Waals surface area contributed by atoms with E-state index in [1.54, 1.807) is 0 Å². The normalized spacial score (nSPS) is 11.5. The van der Waals surface area contributed by atoms with Crippen molar-refractivity contribution in [2.24, 2.45) is 0 Å². The Hall–Kier alpha value is -0.910. The van der Waals surface area contributed by atoms with Gasteiger partial charge in [-0.25, -0.2) is 0 Å². The van der Waals surface area contributed by atoms with E-state index in [9.17, 15) is 8.42 Å². The van der Waals surface area contributed by atoms with Gasteiger partial charge in [0.2, 0.25) is 0 Å². The average molecular weight is 230 g/mol. The molecule has 0 aliphatic heterocycles. The van der Waals surface area contributed by atoms with Gasteiger partial charge in [0.25, 0.3) is 10.1 Å². The minimum Gasteiger partial charge on any atom is -0.377 e. The molecular weight excluding hydrogens is 216 g/mol. The first-order valence-electron chi connectivity index (χ1n) is 4.65. The van der Waals surface area contributed by atoms with Gasteiger partial charge in [-0.2, -0.15) is 8.42 Å². The van der Waals surface area contributed by atoms with Crippen LogP contribution < -0.4 is 0 Å². The molecule has 0 saturated heterocycles. The second kappa shape index (κ2) is 5.85. The molecular formula is C10H14O4S. The molecule has 5 heteroatoms. The van der Waals surface area contributed by atoms with Crippen molar-refractivity contribution in [2.75, 3.05) is 12.4 Å². The molecule has 84 valence electrons. The Kier molecular flexibility index (Phi) is 4.74. The first-order valence-corrected chi connectivity index (χ1v) is 6.26. The zero-order valence-electron chi connectivity index (χ0n) is 8.30. The van der Waals surface area contributed by atoms with Gasteiger partial charge in [0.1, 0.15) is 0 Å². The smallest absolute Gasteiger partial charge is 0.264 e. The molecule has 0 unspecified atom stereocenters. The highest BCUT2D eigenvalue weighted by molar-refractivity contribution is 7.85. The van der Waals surface area contributed by atoms with E-state index in [1.165, 1.54) is 0 Å². The monoisotopic (exact) mass is 230 g/mol. The van der Waals surface area contributed by atoms with E-state index in [4.69, 9.17) is 9.29 Å². The lowest BCUT2D eigenvalue weighted by atomic mass is 10.2. The zero-order chi connectivity index (χ0) is 11.1. The molecule has 0 atom stereocenters. The Morgan fingerprint density at radius 2 is 1.87 bits per heavy atom. The lowest BCUT2D eigenvalue weighted by Crippen LogP contribution is -2.07. The molecule has 0 bridgehead atoms. The van der Waals surface area contributed by atoms with Crippen molar-refractivity contribution in [1.82, 2.24) is 0 Å². The summed E-state index contributed by atoms with van der Waals surface area (Å²) in [4.78, 5) is 0. The molecule has 15 heavy (non-hydrogen) atoms. The van der Waals surface area contributed by atoms with Crippen LogP contribution in [0.4, 0.5) is 0 Å². The van der Waals surface area contributed by atoms with Crippen LogP contribution in [0, 0.1) is 0 Å². The topological polar surface area (TPSA) is 63.6 Å². The van der Waals surface area contributed by atoms with E-state index in [2.05, 4.69) is 0 Å². The van der Waals surface area contributed by atoms with E-state index < -0.39 is 10.1 Å². The van der Waals surface area contributed by atoms with Gasteiger partial charge in [0.15, 0.2) is 0 Å². The summed E-state index contributed by atoms with van der Waals surface area (Å²) in [5.41, 5.74) is 1.05. The summed E-state index contributed by atoms with van der Waals surface area (Å²) in [5, 5.41) is 0. The molecule has 1 aromatic carbocycles. The van der Waals surface area contributed by atoms with Crippen LogP contribution in [-0.2, 0) is 21.5 Å². The average Bonchev–Trinajstić information content (AvgIpc) is 2.17. The van der Waals surface area contributed by atoms with Gasteiger partial charge < -0.3 is 4.74 Å². The van der Waals surface area contributed by atoms with Crippen molar-refractivity contribution in [1.29, 1.82) is 0 Å². The molecule has 0 spiro atoms. The molecule has 1 rings (SSSR count). The maximum absolute atomic E-state index is 10.4. The third kappa shape index (κ3) is 6.22. The lowest BCUT2D eigenvalue weighted by molar-refractivity contribution is 0.121. The summed E-state index contributed by atoms with van der Waals surface area (Å²) in [6.07, 6.45) is 0.311. The highest BCUT2D eigenvalue weighted by atomic mass is 32.2. The van der Waals surface area contributed by atoms with Crippen molar-refractivity contribution < 1.29 is 17.7 Å². The van der Waals surface area contributed by atoms with Gasteiger partial charge in [-0.1, -0.05) is 30.3 Å². The maximum atomic E-state index is 10.4. The summed E-state index contributed by atoms with van der Waals surface area (Å²) in [7, 11) is -3.85. The number of ether oxygens (including phenoxy) is 1. The molecule has 0 aromatic heterocycles. The summed E-state index contributed by atoms with van der Waals surface area (Å²) in [6.45, 7) is 0.793. The molecule has 1 N–H and O–H groups in total. The van der Waals surface area contributed by atoms with Crippen LogP contribution >= 0.6 is 0 Å². The van der Waals surface area contributed by atoms with Gasteiger partial charge in [-0.3, -0.25) is 4.55 Å². The lowest BCUT2D eigenvalue weighted by Gasteiger charge is -2.03. The number of rotatable bonds is 6. The largest absolute Gasteiger partial charge is 0.377 e. The Morgan fingerprint density at radius 3 is 2.47 bits per heavy atom. The fourth-order valence-electron chi connectivity index (χ4n) is 1.11. The van der Waals surface area contributed by atoms with Crippen LogP contribution in [0.2, 0.25) is 0 Å². The molecule has 4 nitrogen and oxygen atoms in total. The van der Waals surface area contributed by atoms with Gasteiger partial charge in [0.05, 0.1) is 12.4 Å². The highest BCUT2D eigenvalue weighted by Crippen LogP contribution is 2.01. The first kappa shape index (κ1) is 12.2. The Labute approximate surface area is 89.6 Å². The number of benzene rings is 1. The van der Waals surface area contributed by atoms with E-state index in [0.29, 0.717) is 19.6 Å². The van der Waals surface area contributed by atoms with Gasteiger partial charge >= 0.3 is 0 Å². The fraction of sp³-hybridized carbons (Fsp3) is 0.400. The van der Waals surface area contributed by atoms with Crippen LogP contribution in [0.5, 0.6) is 0 Å². The van der Waals surface area contributed by atoms with Crippen LogP contribution in [0.25, 0.3) is 0 Å². The summed E-state index contributed by atoms with van der Waals surface area (Å²) >= 11 is 0. The Bertz CT molecular complexity index is 372. The second-order valence-electron chi connectivity index (χ2n) is 3.18. The molecule has 0 aliphatic carbocycles. The van der Waals surface area contributed by atoms with Crippen molar-refractivity contribution in [3.05, 3.63) is 35.9 Å². The quantitative estimate of drug-likeness (QED) is 0.594. The molecule has 0 fully saturated rings. The van der Waals surface area contributed by atoms with Gasteiger partial charge in [-0.15, -0.1) is 0 Å². The summed E-state index contributed by atoms with van der Waals surface area (Å²) in [6, 6.07) is 9.61. The fourth-order valence-corrected chi connectivity index (χ4v) is 1.59. The summed E-state index contributed by atoms with van der Waals surface area (Å²) in [5.74, 6) is -0.248. The third-order valence-electron chi connectivity index (χ3n) is 1.80. The molecule has 0 heterocycles. The van der Waals surface area contributed by atoms with Crippen LogP contribution in [-0.4, -0.2) is 25.3 Å². The molecule has 0 amide bonds. The van der Waals surface area contributed by atoms with Gasteiger partial charge in [-0.05, 0) is 12.0 Å². The third-order valence-corrected chi connectivity index (χ3v) is 2.61. The highest BCUT2D eigenvalue weighted by Gasteiger charge is 2.02. The van der Waals surface area contributed by atoms with Crippen molar-refractivity contribution in [3.8, 4) is 0 Å². The van der Waals surface area contributed by atoms with Crippen molar-refractivity contribution in [2.45, 2.75) is 13.0 Å². The maximum Gasteiger partial charge on any atom is 0.264 e. The Morgan fingerprint density at radius 1 is 1.20 bits per heavy atom. The molecule has 0 saturated carbocycles. The van der Waals surface area contributed by atoms with E-state index >= 15 is 0 Å². The Balaban J connectivity index is 2.13. The molecule has 0 aliphatic rings. The molecule has 0 radical (unpaired) electrons. The minimum absolute atomic E-state index is 0.248. The van der Waals surface area contributed by atoms with Crippen LogP contribution in [0.1, 0.15) is 12.0 Å². The van der Waals surface area contributed by atoms with Crippen molar-refractivity contribution in [3.63, 3.8) is 0 Å². The minimum atomic E-state index is -3.85. The van der Waals surface area contributed by atoms with Gasteiger partial charge in [0, 0.05) is 6.61 Å². The number of hydrogen-bond acceptors (Lipinski definition) is 3. The predicted octanol–water partition coefficient (Wildman–Crippen LogP) is 1.48. The van der Waals surface area contributed by atoms with Crippen molar-refractivity contribution >= 4 is 10.1 Å². The zero-order valence-corrected chi connectivity index (χ0v) is 9.11. The SMILES string of the molecule is O=S(=O)(O)CCCOCc1ccccc1. The standard InChI is InChI=1S/C10H14O4S/c11-15(12,13)8-4-7-14-9-10-5-2-1-3-6-10/h1-3,5-6H,4,7-9H2,(H,11,12,13). The number of hydrogen-bond donors (Lipinski definition) is 1. The van der Waals surface area contributed by atoms with E-state index in [-0.39, 0.29) is 5.75 Å². The van der Waals surface area contributed by atoms with Crippen LogP contribution in [0.15, 0.2) is 30.3 Å². The first-order chi connectivity index (χ1) is 7.08. The van der Waals surface area contributed by atoms with Crippen LogP contribution in [0.3, 0.4) is 0 Å². The second-order valence-corrected chi connectivity index (χ2v) is 4.75. The predicted molar refractivity (Wildman–Crippen MR) is 57.1 cm³/mol.